The van der Waals surface area contributed by atoms with Crippen molar-refractivity contribution in [3.05, 3.63) is 0 Å². The largest absolute Gasteiger partial charge is 0.480 e. The smallest absolute Gasteiger partial charge is 0.329 e. The molecule has 2 aliphatic heterocycles. The van der Waals surface area contributed by atoms with Crippen LogP contribution in [0.5, 0.6) is 0 Å². The lowest BCUT2D eigenvalue weighted by Crippen LogP contribution is -2.53. The third kappa shape index (κ3) is 2.29. The van der Waals surface area contributed by atoms with E-state index in [2.05, 4.69) is 4.90 Å². The molecule has 17 heavy (non-hydrogen) atoms. The molecule has 5 heteroatoms. The lowest BCUT2D eigenvalue weighted by molar-refractivity contribution is -0.155. The predicted octanol–water partition coefficient (Wildman–Crippen LogP) is 0.548. The van der Waals surface area contributed by atoms with Crippen molar-refractivity contribution >= 4 is 11.9 Å². The average molecular weight is 240 g/mol. The summed E-state index contributed by atoms with van der Waals surface area (Å²) in [6, 6.07) is 0. The second-order valence-corrected chi connectivity index (χ2v) is 5.21. The summed E-state index contributed by atoms with van der Waals surface area (Å²) in [4.78, 5) is 27.1. The number of carboxylic acid groups (broad SMARTS) is 1. The minimum atomic E-state index is -0.989. The Balaban J connectivity index is 2.00. The number of amides is 1. The van der Waals surface area contributed by atoms with E-state index in [0.29, 0.717) is 19.5 Å². The second-order valence-electron chi connectivity index (χ2n) is 5.21. The molecule has 2 rings (SSSR count). The van der Waals surface area contributed by atoms with Crippen molar-refractivity contribution in [2.24, 2.45) is 0 Å². The lowest BCUT2D eigenvalue weighted by atomic mass is 9.99. The first kappa shape index (κ1) is 12.4. The lowest BCUT2D eigenvalue weighted by Gasteiger charge is -2.32. The fourth-order valence-electron chi connectivity index (χ4n) is 2.80. The molecule has 2 fully saturated rings. The van der Waals surface area contributed by atoms with E-state index in [1.165, 1.54) is 0 Å². The Labute approximate surface area is 101 Å². The van der Waals surface area contributed by atoms with Crippen LogP contribution in [0.1, 0.15) is 32.6 Å². The molecular formula is C12H20N2O3. The van der Waals surface area contributed by atoms with Crippen molar-refractivity contribution in [1.29, 1.82) is 0 Å². The van der Waals surface area contributed by atoms with Gasteiger partial charge in [0.25, 0.3) is 0 Å². The van der Waals surface area contributed by atoms with E-state index in [1.807, 2.05) is 0 Å². The van der Waals surface area contributed by atoms with Gasteiger partial charge in [0, 0.05) is 6.54 Å². The number of aliphatic carboxylic acids is 1. The topological polar surface area (TPSA) is 60.9 Å². The van der Waals surface area contributed by atoms with Gasteiger partial charge in [-0.3, -0.25) is 9.69 Å². The zero-order valence-electron chi connectivity index (χ0n) is 10.3. The SMILES string of the molecule is C[C@@]1(C(=O)O)CCCN1C(=O)CN1CCCC1. The number of hydrogen-bond donors (Lipinski definition) is 1. The van der Waals surface area contributed by atoms with Crippen molar-refractivity contribution in [2.45, 2.75) is 38.1 Å². The van der Waals surface area contributed by atoms with E-state index in [-0.39, 0.29) is 5.91 Å². The minimum Gasteiger partial charge on any atom is -0.480 e. The van der Waals surface area contributed by atoms with Crippen LogP contribution in [0, 0.1) is 0 Å². The van der Waals surface area contributed by atoms with Crippen LogP contribution in [0.25, 0.3) is 0 Å². The van der Waals surface area contributed by atoms with Gasteiger partial charge in [0.1, 0.15) is 5.54 Å². The highest BCUT2D eigenvalue weighted by atomic mass is 16.4. The fraction of sp³-hybridized carbons (Fsp3) is 0.833. The monoisotopic (exact) mass is 240 g/mol. The summed E-state index contributed by atoms with van der Waals surface area (Å²) in [6.07, 6.45) is 3.63. The first-order valence-electron chi connectivity index (χ1n) is 6.30. The van der Waals surface area contributed by atoms with Crippen LogP contribution in [-0.2, 0) is 9.59 Å². The normalized spacial score (nSPS) is 29.8. The number of hydrogen-bond acceptors (Lipinski definition) is 3. The molecule has 2 aliphatic rings. The molecule has 2 heterocycles. The van der Waals surface area contributed by atoms with Crippen LogP contribution in [0.3, 0.4) is 0 Å². The molecule has 0 aromatic carbocycles. The summed E-state index contributed by atoms with van der Waals surface area (Å²) >= 11 is 0. The van der Waals surface area contributed by atoms with E-state index in [0.717, 1.165) is 32.4 Å². The van der Waals surface area contributed by atoms with Crippen LogP contribution in [-0.4, -0.2) is 58.5 Å². The molecule has 0 radical (unpaired) electrons. The zero-order chi connectivity index (χ0) is 12.5. The van der Waals surface area contributed by atoms with Crippen molar-refractivity contribution in [2.75, 3.05) is 26.2 Å². The zero-order valence-corrected chi connectivity index (χ0v) is 10.3. The van der Waals surface area contributed by atoms with Gasteiger partial charge in [-0.2, -0.15) is 0 Å². The maximum atomic E-state index is 12.1. The van der Waals surface area contributed by atoms with Crippen LogP contribution in [0.4, 0.5) is 0 Å². The molecule has 0 aromatic heterocycles. The molecule has 0 bridgehead atoms. The minimum absolute atomic E-state index is 0.0331. The highest BCUT2D eigenvalue weighted by molar-refractivity contribution is 5.88. The maximum Gasteiger partial charge on any atom is 0.329 e. The Hall–Kier alpha value is -1.10. The number of carbonyl (C=O) groups excluding carboxylic acids is 1. The fourth-order valence-corrected chi connectivity index (χ4v) is 2.80. The molecule has 1 atom stereocenters. The van der Waals surface area contributed by atoms with Gasteiger partial charge in [-0.05, 0) is 45.7 Å². The first-order chi connectivity index (χ1) is 8.04. The van der Waals surface area contributed by atoms with Crippen LogP contribution in [0.2, 0.25) is 0 Å². The maximum absolute atomic E-state index is 12.1. The third-order valence-electron chi connectivity index (χ3n) is 3.96. The Kier molecular flexibility index (Phi) is 3.38. The summed E-state index contributed by atoms with van der Waals surface area (Å²) in [5, 5.41) is 9.25. The quantitative estimate of drug-likeness (QED) is 0.782. The molecule has 0 saturated carbocycles. The number of nitrogens with zero attached hydrogens (tertiary/aromatic N) is 2. The summed E-state index contributed by atoms with van der Waals surface area (Å²) in [5.41, 5.74) is -0.989. The molecule has 1 amide bonds. The Morgan fingerprint density at radius 2 is 1.82 bits per heavy atom. The van der Waals surface area contributed by atoms with Crippen molar-refractivity contribution in [1.82, 2.24) is 9.80 Å². The third-order valence-corrected chi connectivity index (χ3v) is 3.96. The molecular weight excluding hydrogens is 220 g/mol. The van der Waals surface area contributed by atoms with Crippen molar-refractivity contribution in [3.63, 3.8) is 0 Å². The Morgan fingerprint density at radius 1 is 1.18 bits per heavy atom. The molecule has 0 aromatic rings. The van der Waals surface area contributed by atoms with Crippen molar-refractivity contribution in [3.8, 4) is 0 Å². The Bertz CT molecular complexity index is 326. The number of carboxylic acids is 1. The summed E-state index contributed by atoms with van der Waals surface area (Å²) in [5.74, 6) is -0.918. The molecule has 0 unspecified atom stereocenters. The van der Waals surface area contributed by atoms with E-state index < -0.39 is 11.5 Å². The standard InChI is InChI=1S/C12H20N2O3/c1-12(11(16)17)5-4-8-14(12)10(15)9-13-6-2-3-7-13/h2-9H2,1H3,(H,16,17)/t12-/m0/s1. The van der Waals surface area contributed by atoms with Gasteiger partial charge in [-0.25, -0.2) is 4.79 Å². The van der Waals surface area contributed by atoms with E-state index in [4.69, 9.17) is 0 Å². The van der Waals surface area contributed by atoms with E-state index in [9.17, 15) is 14.7 Å². The van der Waals surface area contributed by atoms with Gasteiger partial charge in [0.05, 0.1) is 6.54 Å². The van der Waals surface area contributed by atoms with Crippen LogP contribution < -0.4 is 0 Å². The molecule has 5 nitrogen and oxygen atoms in total. The number of likely N-dealkylation sites (tertiary alicyclic amines) is 2. The van der Waals surface area contributed by atoms with Crippen molar-refractivity contribution < 1.29 is 14.7 Å². The Morgan fingerprint density at radius 3 is 2.41 bits per heavy atom. The average Bonchev–Trinajstić information content (AvgIpc) is 2.87. The van der Waals surface area contributed by atoms with Crippen LogP contribution in [0.15, 0.2) is 0 Å². The highest BCUT2D eigenvalue weighted by Crippen LogP contribution is 2.29. The van der Waals surface area contributed by atoms with Gasteiger partial charge < -0.3 is 10.0 Å². The predicted molar refractivity (Wildman–Crippen MR) is 62.7 cm³/mol. The molecule has 2 saturated heterocycles. The molecule has 96 valence electrons. The molecule has 0 spiro atoms. The van der Waals surface area contributed by atoms with E-state index in [1.54, 1.807) is 11.8 Å². The number of rotatable bonds is 3. The van der Waals surface area contributed by atoms with Gasteiger partial charge in [-0.15, -0.1) is 0 Å². The van der Waals surface area contributed by atoms with Gasteiger partial charge >= 0.3 is 5.97 Å². The van der Waals surface area contributed by atoms with Gasteiger partial charge in [0.15, 0.2) is 0 Å². The summed E-state index contributed by atoms with van der Waals surface area (Å²) in [6.45, 7) is 4.54. The highest BCUT2D eigenvalue weighted by Gasteiger charge is 2.45. The first-order valence-corrected chi connectivity index (χ1v) is 6.30. The second kappa shape index (κ2) is 4.64. The molecule has 1 N–H and O–H groups in total. The molecule has 0 aliphatic carbocycles. The van der Waals surface area contributed by atoms with Crippen LogP contribution >= 0.6 is 0 Å². The summed E-state index contributed by atoms with van der Waals surface area (Å²) < 4.78 is 0. The van der Waals surface area contributed by atoms with Gasteiger partial charge in [-0.1, -0.05) is 0 Å². The summed E-state index contributed by atoms with van der Waals surface area (Å²) in [7, 11) is 0. The number of carbonyl (C=O) groups is 2. The van der Waals surface area contributed by atoms with Gasteiger partial charge in [0.2, 0.25) is 5.91 Å². The van der Waals surface area contributed by atoms with E-state index >= 15 is 0 Å².